The third-order valence-corrected chi connectivity index (χ3v) is 4.63. The Morgan fingerprint density at radius 1 is 1.32 bits per heavy atom. The molecule has 0 saturated carbocycles. The van der Waals surface area contributed by atoms with Gasteiger partial charge in [0.2, 0.25) is 0 Å². The first-order valence-electron chi connectivity index (χ1n) is 7.19. The van der Waals surface area contributed by atoms with Gasteiger partial charge < -0.3 is 10.3 Å². The highest BCUT2D eigenvalue weighted by Crippen LogP contribution is 2.27. The minimum absolute atomic E-state index is 0.567. The number of benzene rings is 1. The first-order chi connectivity index (χ1) is 9.22. The Balaban J connectivity index is 1.97. The van der Waals surface area contributed by atoms with E-state index in [1.54, 1.807) is 0 Å². The van der Waals surface area contributed by atoms with Gasteiger partial charge in [0.05, 0.1) is 0 Å². The molecule has 1 atom stereocenters. The summed E-state index contributed by atoms with van der Waals surface area (Å²) in [6.45, 7) is 5.23. The van der Waals surface area contributed by atoms with Crippen molar-refractivity contribution < 1.29 is 0 Å². The zero-order valence-corrected chi connectivity index (χ0v) is 11.9. The third-order valence-electron chi connectivity index (χ3n) is 4.63. The number of nitrogens with two attached hydrogens (primary N) is 1. The summed E-state index contributed by atoms with van der Waals surface area (Å²) in [5.74, 6) is 0. The SMILES string of the molecule is Cc1c(CN2CCCC2CN)n(C)c2ccccc12. The molecule has 0 amide bonds. The Kier molecular flexibility index (Phi) is 3.33. The smallest absolute Gasteiger partial charge is 0.0483 e. The van der Waals surface area contributed by atoms with Gasteiger partial charge in [0.1, 0.15) is 0 Å². The van der Waals surface area contributed by atoms with E-state index in [4.69, 9.17) is 5.73 Å². The molecule has 1 fully saturated rings. The van der Waals surface area contributed by atoms with Crippen LogP contribution in [0.2, 0.25) is 0 Å². The van der Waals surface area contributed by atoms with Crippen LogP contribution in [0, 0.1) is 6.92 Å². The zero-order valence-electron chi connectivity index (χ0n) is 11.9. The summed E-state index contributed by atoms with van der Waals surface area (Å²) >= 11 is 0. The van der Waals surface area contributed by atoms with Crippen LogP contribution in [0.25, 0.3) is 10.9 Å². The highest BCUT2D eigenvalue weighted by molar-refractivity contribution is 5.85. The molecule has 1 aliphatic heterocycles. The second-order valence-corrected chi connectivity index (χ2v) is 5.65. The van der Waals surface area contributed by atoms with Crippen molar-refractivity contribution >= 4 is 10.9 Å². The molecule has 2 N–H and O–H groups in total. The maximum Gasteiger partial charge on any atom is 0.0483 e. The molecule has 0 aliphatic carbocycles. The largest absolute Gasteiger partial charge is 0.346 e. The van der Waals surface area contributed by atoms with E-state index < -0.39 is 0 Å². The van der Waals surface area contributed by atoms with Crippen molar-refractivity contribution in [3.63, 3.8) is 0 Å². The van der Waals surface area contributed by atoms with Crippen LogP contribution >= 0.6 is 0 Å². The van der Waals surface area contributed by atoms with Crippen molar-refractivity contribution in [2.45, 2.75) is 32.4 Å². The molecular weight excluding hydrogens is 234 g/mol. The number of para-hydroxylation sites is 1. The van der Waals surface area contributed by atoms with Gasteiger partial charge in [-0.05, 0) is 37.9 Å². The second-order valence-electron chi connectivity index (χ2n) is 5.65. The molecule has 3 rings (SSSR count). The van der Waals surface area contributed by atoms with Gasteiger partial charge >= 0.3 is 0 Å². The van der Waals surface area contributed by atoms with Crippen LogP contribution in [0.3, 0.4) is 0 Å². The molecule has 3 heteroatoms. The van der Waals surface area contributed by atoms with Gasteiger partial charge in [0.15, 0.2) is 0 Å². The quantitative estimate of drug-likeness (QED) is 0.916. The van der Waals surface area contributed by atoms with Crippen molar-refractivity contribution in [1.82, 2.24) is 9.47 Å². The molecule has 0 bridgehead atoms. The van der Waals surface area contributed by atoms with Gasteiger partial charge in [-0.15, -0.1) is 0 Å². The van der Waals surface area contributed by atoms with Crippen molar-refractivity contribution in [3.8, 4) is 0 Å². The van der Waals surface area contributed by atoms with Crippen LogP contribution in [-0.2, 0) is 13.6 Å². The number of likely N-dealkylation sites (tertiary alicyclic amines) is 1. The molecule has 102 valence electrons. The molecule has 1 aliphatic rings. The topological polar surface area (TPSA) is 34.2 Å². The average Bonchev–Trinajstić information content (AvgIpc) is 2.98. The number of aromatic nitrogens is 1. The molecule has 3 nitrogen and oxygen atoms in total. The van der Waals surface area contributed by atoms with Crippen LogP contribution in [0.1, 0.15) is 24.1 Å². The Morgan fingerprint density at radius 3 is 2.84 bits per heavy atom. The lowest BCUT2D eigenvalue weighted by atomic mass is 10.1. The fourth-order valence-corrected chi connectivity index (χ4v) is 3.42. The summed E-state index contributed by atoms with van der Waals surface area (Å²) in [5.41, 5.74) is 10.1. The Labute approximate surface area is 115 Å². The Hall–Kier alpha value is -1.32. The van der Waals surface area contributed by atoms with Crippen LogP contribution < -0.4 is 5.73 Å². The molecule has 2 aromatic rings. The number of rotatable bonds is 3. The molecule has 1 aromatic carbocycles. The van der Waals surface area contributed by atoms with Crippen molar-refractivity contribution in [3.05, 3.63) is 35.5 Å². The minimum Gasteiger partial charge on any atom is -0.346 e. The van der Waals surface area contributed by atoms with E-state index in [1.165, 1.54) is 41.5 Å². The average molecular weight is 257 g/mol. The van der Waals surface area contributed by atoms with E-state index in [-0.39, 0.29) is 0 Å². The molecule has 0 radical (unpaired) electrons. The summed E-state index contributed by atoms with van der Waals surface area (Å²) in [7, 11) is 2.18. The van der Waals surface area contributed by atoms with Gasteiger partial charge in [-0.1, -0.05) is 18.2 Å². The van der Waals surface area contributed by atoms with E-state index in [0.717, 1.165) is 13.1 Å². The molecule has 1 saturated heterocycles. The van der Waals surface area contributed by atoms with Crippen LogP contribution in [-0.4, -0.2) is 28.6 Å². The van der Waals surface area contributed by atoms with Gasteiger partial charge in [0, 0.05) is 42.8 Å². The molecule has 0 spiro atoms. The van der Waals surface area contributed by atoms with Crippen molar-refractivity contribution in [2.75, 3.05) is 13.1 Å². The summed E-state index contributed by atoms with van der Waals surface area (Å²) < 4.78 is 2.34. The maximum atomic E-state index is 5.88. The molecule has 1 aromatic heterocycles. The normalized spacial score (nSPS) is 20.5. The summed E-state index contributed by atoms with van der Waals surface area (Å²) in [5, 5.41) is 1.38. The fraction of sp³-hybridized carbons (Fsp3) is 0.500. The lowest BCUT2D eigenvalue weighted by Gasteiger charge is -2.23. The second kappa shape index (κ2) is 4.99. The number of nitrogens with zero attached hydrogens (tertiary/aromatic N) is 2. The third kappa shape index (κ3) is 2.07. The molecular formula is C16H23N3. The zero-order chi connectivity index (χ0) is 13.4. The summed E-state index contributed by atoms with van der Waals surface area (Å²) in [4.78, 5) is 2.54. The van der Waals surface area contributed by atoms with E-state index in [0.29, 0.717) is 6.04 Å². The standard InChI is InChI=1S/C16H23N3/c1-12-14-7-3-4-8-15(14)18(2)16(12)11-19-9-5-6-13(19)10-17/h3-4,7-8,13H,5-6,9-11,17H2,1-2H3. The molecule has 2 heterocycles. The Morgan fingerprint density at radius 2 is 2.11 bits per heavy atom. The number of hydrogen-bond donors (Lipinski definition) is 1. The van der Waals surface area contributed by atoms with Gasteiger partial charge in [0.25, 0.3) is 0 Å². The fourth-order valence-electron chi connectivity index (χ4n) is 3.42. The number of hydrogen-bond acceptors (Lipinski definition) is 2. The predicted octanol–water partition coefficient (Wildman–Crippen LogP) is 2.41. The first-order valence-corrected chi connectivity index (χ1v) is 7.19. The van der Waals surface area contributed by atoms with E-state index >= 15 is 0 Å². The Bertz CT molecular complexity index is 546. The van der Waals surface area contributed by atoms with Crippen LogP contribution in [0.4, 0.5) is 0 Å². The van der Waals surface area contributed by atoms with E-state index in [1.807, 2.05) is 0 Å². The lowest BCUT2D eigenvalue weighted by molar-refractivity contribution is 0.245. The monoisotopic (exact) mass is 257 g/mol. The predicted molar refractivity (Wildman–Crippen MR) is 80.1 cm³/mol. The first kappa shape index (κ1) is 12.7. The van der Waals surface area contributed by atoms with Crippen molar-refractivity contribution in [2.24, 2.45) is 12.8 Å². The van der Waals surface area contributed by atoms with Crippen LogP contribution in [0.5, 0.6) is 0 Å². The van der Waals surface area contributed by atoms with Gasteiger partial charge in [-0.2, -0.15) is 0 Å². The lowest BCUT2D eigenvalue weighted by Crippen LogP contribution is -2.35. The van der Waals surface area contributed by atoms with E-state index in [2.05, 4.69) is 47.7 Å². The van der Waals surface area contributed by atoms with Crippen molar-refractivity contribution in [1.29, 1.82) is 0 Å². The van der Waals surface area contributed by atoms with Gasteiger partial charge in [-0.25, -0.2) is 0 Å². The number of fused-ring (bicyclic) bond motifs is 1. The molecule has 1 unspecified atom stereocenters. The number of aryl methyl sites for hydroxylation is 2. The highest BCUT2D eigenvalue weighted by Gasteiger charge is 2.25. The summed E-state index contributed by atoms with van der Waals surface area (Å²) in [6.07, 6.45) is 2.53. The minimum atomic E-state index is 0.567. The molecule has 19 heavy (non-hydrogen) atoms. The van der Waals surface area contributed by atoms with E-state index in [9.17, 15) is 0 Å². The van der Waals surface area contributed by atoms with Crippen LogP contribution in [0.15, 0.2) is 24.3 Å². The summed E-state index contributed by atoms with van der Waals surface area (Å²) in [6, 6.07) is 9.23. The highest BCUT2D eigenvalue weighted by atomic mass is 15.2. The van der Waals surface area contributed by atoms with Gasteiger partial charge in [-0.3, -0.25) is 4.90 Å². The maximum absolute atomic E-state index is 5.88.